The first-order valence-electron chi connectivity index (χ1n) is 15.1. The minimum Gasteiger partial charge on any atom is -0.0882 e. The first-order valence-corrected chi connectivity index (χ1v) is 18.4. The molecule has 0 aliphatic heterocycles. The molecule has 0 saturated carbocycles. The van der Waals surface area contributed by atoms with Gasteiger partial charge in [0.05, 0.1) is 0 Å². The molecule has 0 bridgehead atoms. The molecule has 0 amide bonds. The van der Waals surface area contributed by atoms with E-state index in [9.17, 15) is 0 Å². The van der Waals surface area contributed by atoms with Crippen LogP contribution in [0.5, 0.6) is 0 Å². The first kappa shape index (κ1) is 30.6. The summed E-state index contributed by atoms with van der Waals surface area (Å²) in [5.41, 5.74) is 4.95. The molecule has 0 nitrogen and oxygen atoms in total. The zero-order valence-corrected chi connectivity index (χ0v) is 28.2. The summed E-state index contributed by atoms with van der Waals surface area (Å²) in [6.45, 7) is 0. The van der Waals surface area contributed by atoms with Crippen molar-refractivity contribution in [2.75, 3.05) is 0 Å². The average molecular weight is 663 g/mol. The highest BCUT2D eigenvalue weighted by molar-refractivity contribution is 8.03. The molecule has 0 atom stereocenters. The van der Waals surface area contributed by atoms with Crippen LogP contribution in [0, 0.1) is 0 Å². The van der Waals surface area contributed by atoms with Gasteiger partial charge in [-0.25, -0.2) is 0 Å². The van der Waals surface area contributed by atoms with Crippen LogP contribution in [0.25, 0.3) is 22.3 Å². The van der Waals surface area contributed by atoms with E-state index in [1.807, 2.05) is 47.0 Å². The maximum Gasteiger partial charge on any atom is 0.0358 e. The van der Waals surface area contributed by atoms with Crippen molar-refractivity contribution in [1.82, 2.24) is 0 Å². The number of hydrogen-bond acceptors (Lipinski definition) is 4. The lowest BCUT2D eigenvalue weighted by Crippen LogP contribution is -1.99. The van der Waals surface area contributed by atoms with Crippen molar-refractivity contribution < 1.29 is 0 Å². The smallest absolute Gasteiger partial charge is 0.0358 e. The van der Waals surface area contributed by atoms with Crippen molar-refractivity contribution in [2.24, 2.45) is 0 Å². The summed E-state index contributed by atoms with van der Waals surface area (Å²) in [5, 5.41) is 0. The quantitative estimate of drug-likeness (QED) is 0.143. The first-order chi connectivity index (χ1) is 22.8. The Labute approximate surface area is 288 Å². The Morgan fingerprint density at radius 1 is 0.217 bits per heavy atom. The Balaban J connectivity index is 1.63. The molecular formula is C42H30S4. The summed E-state index contributed by atoms with van der Waals surface area (Å²) in [5.74, 6) is 0. The molecule has 7 aromatic rings. The molecule has 0 saturated heterocycles. The van der Waals surface area contributed by atoms with Gasteiger partial charge in [-0.2, -0.15) is 0 Å². The van der Waals surface area contributed by atoms with Gasteiger partial charge in [0.1, 0.15) is 0 Å². The third kappa shape index (κ3) is 7.16. The Bertz CT molecular complexity index is 1740. The summed E-state index contributed by atoms with van der Waals surface area (Å²) >= 11 is 7.44. The van der Waals surface area contributed by atoms with E-state index in [0.29, 0.717) is 0 Å². The summed E-state index contributed by atoms with van der Waals surface area (Å²) < 4.78 is 0. The maximum absolute atomic E-state index is 2.26. The van der Waals surface area contributed by atoms with Crippen LogP contribution in [0.3, 0.4) is 0 Å². The van der Waals surface area contributed by atoms with E-state index < -0.39 is 0 Å². The molecule has 7 aromatic carbocycles. The second-order valence-electron chi connectivity index (χ2n) is 10.5. The largest absolute Gasteiger partial charge is 0.0882 e. The molecule has 0 unspecified atom stereocenters. The fourth-order valence-corrected chi connectivity index (χ4v) is 10.0. The molecule has 0 aromatic heterocycles. The van der Waals surface area contributed by atoms with Gasteiger partial charge in [0, 0.05) is 50.3 Å². The van der Waals surface area contributed by atoms with E-state index in [1.165, 1.54) is 61.4 Å². The number of rotatable bonds is 10. The van der Waals surface area contributed by atoms with Crippen LogP contribution in [0.1, 0.15) is 0 Å². The van der Waals surface area contributed by atoms with E-state index in [4.69, 9.17) is 0 Å². The van der Waals surface area contributed by atoms with Crippen LogP contribution in [0.4, 0.5) is 0 Å². The van der Waals surface area contributed by atoms with Crippen molar-refractivity contribution in [1.29, 1.82) is 0 Å². The monoisotopic (exact) mass is 662 g/mol. The molecule has 0 aliphatic carbocycles. The molecule has 46 heavy (non-hydrogen) atoms. The lowest BCUT2D eigenvalue weighted by Gasteiger charge is -2.26. The second kappa shape index (κ2) is 15.0. The zero-order valence-electron chi connectivity index (χ0n) is 25.0. The molecule has 0 aliphatic rings. The fraction of sp³-hybridized carbons (Fsp3) is 0. The highest BCUT2D eigenvalue weighted by atomic mass is 32.2. The normalized spacial score (nSPS) is 11.0. The third-order valence-corrected chi connectivity index (χ3v) is 12.0. The highest BCUT2D eigenvalue weighted by Crippen LogP contribution is 2.58. The second-order valence-corrected chi connectivity index (χ2v) is 14.8. The maximum atomic E-state index is 2.26. The lowest BCUT2D eigenvalue weighted by atomic mass is 9.99. The van der Waals surface area contributed by atoms with Gasteiger partial charge in [0.25, 0.3) is 0 Å². The van der Waals surface area contributed by atoms with Gasteiger partial charge in [-0.15, -0.1) is 0 Å². The molecule has 0 N–H and O–H groups in total. The Kier molecular flexibility index (Phi) is 9.99. The SMILES string of the molecule is c1ccc(Sc2c(Sc3ccccc3)c(-c3ccccc3)c(Sc3ccccc3)c(Sc3ccccc3)c2-c2ccccc2)cc1. The van der Waals surface area contributed by atoms with E-state index in [0.717, 1.165) is 0 Å². The van der Waals surface area contributed by atoms with Crippen molar-refractivity contribution in [2.45, 2.75) is 39.2 Å². The van der Waals surface area contributed by atoms with Crippen LogP contribution in [-0.4, -0.2) is 0 Å². The molecule has 222 valence electrons. The summed E-state index contributed by atoms with van der Waals surface area (Å²) in [4.78, 5) is 9.92. The predicted octanol–water partition coefficient (Wildman–Crippen LogP) is 13.6. The van der Waals surface area contributed by atoms with Gasteiger partial charge >= 0.3 is 0 Å². The number of hydrogen-bond donors (Lipinski definition) is 0. The van der Waals surface area contributed by atoms with Crippen LogP contribution >= 0.6 is 47.0 Å². The molecule has 0 spiro atoms. The van der Waals surface area contributed by atoms with Gasteiger partial charge < -0.3 is 0 Å². The Hall–Kier alpha value is -4.06. The minimum atomic E-state index is 1.21. The minimum absolute atomic E-state index is 1.21. The topological polar surface area (TPSA) is 0 Å². The molecule has 4 heteroatoms. The average Bonchev–Trinajstić information content (AvgIpc) is 3.12. The van der Waals surface area contributed by atoms with Crippen molar-refractivity contribution in [3.8, 4) is 22.3 Å². The number of benzene rings is 7. The predicted molar refractivity (Wildman–Crippen MR) is 200 cm³/mol. The zero-order chi connectivity index (χ0) is 31.0. The van der Waals surface area contributed by atoms with Crippen molar-refractivity contribution in [3.05, 3.63) is 182 Å². The van der Waals surface area contributed by atoms with Crippen LogP contribution < -0.4 is 0 Å². The van der Waals surface area contributed by atoms with Crippen LogP contribution in [0.15, 0.2) is 221 Å². The van der Waals surface area contributed by atoms with E-state index >= 15 is 0 Å². The molecular weight excluding hydrogens is 633 g/mol. The van der Waals surface area contributed by atoms with Gasteiger partial charge in [-0.05, 0) is 59.7 Å². The summed E-state index contributed by atoms with van der Waals surface area (Å²) in [6.07, 6.45) is 0. The van der Waals surface area contributed by atoms with Gasteiger partial charge in [0.2, 0.25) is 0 Å². The van der Waals surface area contributed by atoms with Gasteiger partial charge in [0.15, 0.2) is 0 Å². The third-order valence-electron chi connectivity index (χ3n) is 7.30. The summed E-state index contributed by atoms with van der Waals surface area (Å²) in [6, 6.07) is 65.0. The van der Waals surface area contributed by atoms with E-state index in [1.54, 1.807) is 0 Å². The Morgan fingerprint density at radius 3 is 0.630 bits per heavy atom. The highest BCUT2D eigenvalue weighted by Gasteiger charge is 2.28. The molecule has 0 fully saturated rings. The van der Waals surface area contributed by atoms with Crippen molar-refractivity contribution >= 4 is 47.0 Å². The molecule has 0 radical (unpaired) electrons. The van der Waals surface area contributed by atoms with E-state index in [-0.39, 0.29) is 0 Å². The van der Waals surface area contributed by atoms with Gasteiger partial charge in [-0.1, -0.05) is 181 Å². The van der Waals surface area contributed by atoms with Crippen LogP contribution in [-0.2, 0) is 0 Å². The van der Waals surface area contributed by atoms with Crippen molar-refractivity contribution in [3.63, 3.8) is 0 Å². The Morgan fingerprint density at radius 2 is 0.413 bits per heavy atom. The standard InChI is InChI=1S/C42H30S4/c1-7-19-31(20-8-1)37-39(43-33-23-11-3-12-24-33)41(45-35-27-15-5-16-28-35)38(32-21-9-2-10-22-32)42(46-36-29-17-6-18-30-36)40(37)44-34-25-13-4-14-26-34/h1-30H. The lowest BCUT2D eigenvalue weighted by molar-refractivity contribution is 1.10. The summed E-state index contributed by atoms with van der Waals surface area (Å²) in [7, 11) is 0. The van der Waals surface area contributed by atoms with E-state index in [2.05, 4.69) is 182 Å². The molecule has 0 heterocycles. The molecule has 7 rings (SSSR count). The van der Waals surface area contributed by atoms with Crippen LogP contribution in [0.2, 0.25) is 0 Å². The van der Waals surface area contributed by atoms with Gasteiger partial charge in [-0.3, -0.25) is 0 Å². The fourth-order valence-electron chi connectivity index (χ4n) is 5.21.